The lowest BCUT2D eigenvalue weighted by atomic mass is 10.3. The van der Waals surface area contributed by atoms with E-state index in [1.54, 1.807) is 7.05 Å². The summed E-state index contributed by atoms with van der Waals surface area (Å²) in [6, 6.07) is 10.4. The smallest absolute Gasteiger partial charge is 0.191 e. The maximum atomic E-state index is 5.65. The maximum Gasteiger partial charge on any atom is 0.191 e. The number of guanidine groups is 1. The average Bonchev–Trinajstić information content (AvgIpc) is 2.50. The summed E-state index contributed by atoms with van der Waals surface area (Å²) in [6.45, 7) is 5.98. The molecular weight excluding hydrogens is 377 g/mol. The lowest BCUT2D eigenvalue weighted by molar-refractivity contribution is 0.307. The van der Waals surface area contributed by atoms with Crippen molar-refractivity contribution in [2.45, 2.75) is 39.2 Å². The third-order valence-corrected chi connectivity index (χ3v) is 3.09. The first-order chi connectivity index (χ1) is 9.76. The third-order valence-electron chi connectivity index (χ3n) is 3.09. The Labute approximate surface area is 145 Å². The number of para-hydroxylation sites is 1. The predicted octanol–water partition coefficient (Wildman–Crippen LogP) is 3.43. The van der Waals surface area contributed by atoms with Gasteiger partial charge in [-0.05, 0) is 38.3 Å². The molecule has 5 heteroatoms. The molecule has 0 aliphatic heterocycles. The molecule has 0 bridgehead atoms. The highest BCUT2D eigenvalue weighted by atomic mass is 127. The average molecular weight is 405 g/mol. The number of benzene rings is 1. The second-order valence-corrected chi connectivity index (χ2v) is 4.82. The number of hydrogen-bond donors (Lipinski definition) is 2. The number of rotatable bonds is 8. The summed E-state index contributed by atoms with van der Waals surface area (Å²) in [4.78, 5) is 4.20. The number of ether oxygens (including phenoxy) is 1. The van der Waals surface area contributed by atoms with Crippen molar-refractivity contribution in [1.82, 2.24) is 10.6 Å². The monoisotopic (exact) mass is 405 g/mol. The molecular formula is C16H28IN3O. The van der Waals surface area contributed by atoms with E-state index in [0.29, 0.717) is 6.04 Å². The molecule has 0 aliphatic carbocycles. The minimum Gasteiger partial charge on any atom is -0.494 e. The van der Waals surface area contributed by atoms with E-state index in [-0.39, 0.29) is 24.0 Å². The standard InChI is InChI=1S/C16H27N3O.HI/c1-4-14(2)19-16(17-3)18-12-8-9-13-20-15-10-6-5-7-11-15;/h5-7,10-11,14H,4,8-9,12-13H2,1-3H3,(H2,17,18,19);1H. The number of nitrogens with one attached hydrogen (secondary N) is 2. The van der Waals surface area contributed by atoms with Crippen LogP contribution in [0, 0.1) is 0 Å². The van der Waals surface area contributed by atoms with Gasteiger partial charge in [-0.15, -0.1) is 24.0 Å². The molecule has 2 N–H and O–H groups in total. The molecule has 1 unspecified atom stereocenters. The molecule has 1 atom stereocenters. The number of aliphatic imine (C=N–C) groups is 1. The van der Waals surface area contributed by atoms with Crippen LogP contribution in [0.25, 0.3) is 0 Å². The van der Waals surface area contributed by atoms with E-state index in [1.165, 1.54) is 0 Å². The Morgan fingerprint density at radius 2 is 1.95 bits per heavy atom. The second kappa shape index (κ2) is 12.7. The Morgan fingerprint density at radius 1 is 1.24 bits per heavy atom. The lowest BCUT2D eigenvalue weighted by Gasteiger charge is -2.16. The van der Waals surface area contributed by atoms with Crippen LogP contribution in [0.4, 0.5) is 0 Å². The molecule has 0 heterocycles. The summed E-state index contributed by atoms with van der Waals surface area (Å²) in [6.07, 6.45) is 3.18. The molecule has 0 saturated carbocycles. The van der Waals surface area contributed by atoms with Crippen LogP contribution in [-0.4, -0.2) is 32.2 Å². The topological polar surface area (TPSA) is 45.7 Å². The van der Waals surface area contributed by atoms with E-state index in [0.717, 1.165) is 44.1 Å². The molecule has 0 aliphatic rings. The summed E-state index contributed by atoms with van der Waals surface area (Å²) in [5.74, 6) is 1.82. The fourth-order valence-electron chi connectivity index (χ4n) is 1.67. The zero-order valence-electron chi connectivity index (χ0n) is 13.3. The summed E-state index contributed by atoms with van der Waals surface area (Å²) in [7, 11) is 1.80. The number of nitrogens with zero attached hydrogens (tertiary/aromatic N) is 1. The predicted molar refractivity (Wildman–Crippen MR) is 101 cm³/mol. The van der Waals surface area contributed by atoms with E-state index in [1.807, 2.05) is 30.3 Å². The number of halogens is 1. The van der Waals surface area contributed by atoms with E-state index >= 15 is 0 Å². The van der Waals surface area contributed by atoms with E-state index in [2.05, 4.69) is 29.5 Å². The summed E-state index contributed by atoms with van der Waals surface area (Å²) < 4.78 is 5.65. The first kappa shape index (κ1) is 20.0. The molecule has 1 aromatic rings. The largest absolute Gasteiger partial charge is 0.494 e. The van der Waals surface area contributed by atoms with Crippen molar-refractivity contribution in [3.05, 3.63) is 30.3 Å². The highest BCUT2D eigenvalue weighted by Gasteiger charge is 2.01. The quantitative estimate of drug-likeness (QED) is 0.302. The van der Waals surface area contributed by atoms with Gasteiger partial charge in [0.25, 0.3) is 0 Å². The number of hydrogen-bond acceptors (Lipinski definition) is 2. The van der Waals surface area contributed by atoms with Gasteiger partial charge in [0.2, 0.25) is 0 Å². The van der Waals surface area contributed by atoms with Crippen LogP contribution in [0.15, 0.2) is 35.3 Å². The number of unbranched alkanes of at least 4 members (excludes halogenated alkanes) is 1. The molecule has 0 fully saturated rings. The Kier molecular flexibility index (Phi) is 12.1. The highest BCUT2D eigenvalue weighted by molar-refractivity contribution is 14.0. The zero-order valence-corrected chi connectivity index (χ0v) is 15.6. The van der Waals surface area contributed by atoms with Gasteiger partial charge in [-0.3, -0.25) is 4.99 Å². The molecule has 0 aromatic heterocycles. The summed E-state index contributed by atoms with van der Waals surface area (Å²) >= 11 is 0. The zero-order chi connectivity index (χ0) is 14.6. The van der Waals surface area contributed by atoms with Crippen molar-refractivity contribution in [1.29, 1.82) is 0 Å². The normalized spacial score (nSPS) is 12.2. The van der Waals surface area contributed by atoms with Gasteiger partial charge in [-0.2, -0.15) is 0 Å². The Morgan fingerprint density at radius 3 is 2.57 bits per heavy atom. The van der Waals surface area contributed by atoms with Gasteiger partial charge in [0.15, 0.2) is 5.96 Å². The Bertz CT molecular complexity index is 384. The van der Waals surface area contributed by atoms with Crippen LogP contribution in [0.1, 0.15) is 33.1 Å². The molecule has 4 nitrogen and oxygen atoms in total. The minimum absolute atomic E-state index is 0. The van der Waals surface area contributed by atoms with E-state index < -0.39 is 0 Å². The van der Waals surface area contributed by atoms with Crippen LogP contribution in [0.2, 0.25) is 0 Å². The van der Waals surface area contributed by atoms with Crippen LogP contribution >= 0.6 is 24.0 Å². The van der Waals surface area contributed by atoms with Crippen LogP contribution in [0.5, 0.6) is 5.75 Å². The van der Waals surface area contributed by atoms with Crippen molar-refractivity contribution in [2.24, 2.45) is 4.99 Å². The SMILES string of the molecule is CCC(C)NC(=NC)NCCCCOc1ccccc1.I. The van der Waals surface area contributed by atoms with Crippen LogP contribution < -0.4 is 15.4 Å². The van der Waals surface area contributed by atoms with E-state index in [4.69, 9.17) is 4.74 Å². The van der Waals surface area contributed by atoms with E-state index in [9.17, 15) is 0 Å². The Balaban J connectivity index is 0.00000400. The summed E-state index contributed by atoms with van der Waals surface area (Å²) in [5.41, 5.74) is 0. The molecule has 0 radical (unpaired) electrons. The molecule has 21 heavy (non-hydrogen) atoms. The molecule has 1 rings (SSSR count). The molecule has 1 aromatic carbocycles. The summed E-state index contributed by atoms with van der Waals surface area (Å²) in [5, 5.41) is 6.66. The van der Waals surface area contributed by atoms with Crippen molar-refractivity contribution in [3.8, 4) is 5.75 Å². The Hall–Kier alpha value is -0.980. The van der Waals surface area contributed by atoms with Gasteiger partial charge >= 0.3 is 0 Å². The highest BCUT2D eigenvalue weighted by Crippen LogP contribution is 2.08. The molecule has 0 amide bonds. The first-order valence-corrected chi connectivity index (χ1v) is 7.41. The van der Waals surface area contributed by atoms with Gasteiger partial charge in [-0.25, -0.2) is 0 Å². The molecule has 120 valence electrons. The van der Waals surface area contributed by atoms with Crippen molar-refractivity contribution < 1.29 is 4.74 Å². The molecule has 0 spiro atoms. The second-order valence-electron chi connectivity index (χ2n) is 4.82. The van der Waals surface area contributed by atoms with Gasteiger partial charge < -0.3 is 15.4 Å². The van der Waals surface area contributed by atoms with Gasteiger partial charge in [0.1, 0.15) is 5.75 Å². The van der Waals surface area contributed by atoms with Crippen molar-refractivity contribution in [3.63, 3.8) is 0 Å². The molecule has 0 saturated heterocycles. The third kappa shape index (κ3) is 9.55. The fourth-order valence-corrected chi connectivity index (χ4v) is 1.67. The fraction of sp³-hybridized carbons (Fsp3) is 0.562. The van der Waals surface area contributed by atoms with Crippen molar-refractivity contribution in [2.75, 3.05) is 20.2 Å². The van der Waals surface area contributed by atoms with Gasteiger partial charge in [0, 0.05) is 19.6 Å². The van der Waals surface area contributed by atoms with Crippen LogP contribution in [0.3, 0.4) is 0 Å². The van der Waals surface area contributed by atoms with Crippen LogP contribution in [-0.2, 0) is 0 Å². The minimum atomic E-state index is 0. The van der Waals surface area contributed by atoms with Gasteiger partial charge in [0.05, 0.1) is 6.61 Å². The van der Waals surface area contributed by atoms with Crippen molar-refractivity contribution >= 4 is 29.9 Å². The van der Waals surface area contributed by atoms with Gasteiger partial charge in [-0.1, -0.05) is 25.1 Å². The maximum absolute atomic E-state index is 5.65. The first-order valence-electron chi connectivity index (χ1n) is 7.41. The lowest BCUT2D eigenvalue weighted by Crippen LogP contribution is -2.42.